The van der Waals surface area contributed by atoms with Gasteiger partial charge in [-0.1, -0.05) is 18.2 Å². The van der Waals surface area contributed by atoms with Crippen molar-refractivity contribution in [3.8, 4) is 11.3 Å². The summed E-state index contributed by atoms with van der Waals surface area (Å²) in [5, 5.41) is 12.4. The third kappa shape index (κ3) is 2.35. The van der Waals surface area contributed by atoms with E-state index in [1.165, 1.54) is 11.3 Å². The maximum absolute atomic E-state index is 12.1. The summed E-state index contributed by atoms with van der Waals surface area (Å²) < 4.78 is 0. The fourth-order valence-electron chi connectivity index (χ4n) is 2.02. The van der Waals surface area contributed by atoms with Gasteiger partial charge in [0.05, 0.1) is 22.5 Å². The highest BCUT2D eigenvalue weighted by atomic mass is 32.1. The van der Waals surface area contributed by atoms with Gasteiger partial charge in [0.15, 0.2) is 0 Å². The van der Waals surface area contributed by atoms with Crippen LogP contribution in [0, 0.1) is 0 Å². The first-order valence-electron chi connectivity index (χ1n) is 6.14. The summed E-state index contributed by atoms with van der Waals surface area (Å²) >= 11 is 1.47. The molecule has 0 atom stereocenters. The van der Waals surface area contributed by atoms with Gasteiger partial charge in [0, 0.05) is 17.3 Å². The zero-order chi connectivity index (χ0) is 13.9. The first-order chi connectivity index (χ1) is 9.78. The lowest BCUT2D eigenvalue weighted by atomic mass is 10.1. The van der Waals surface area contributed by atoms with Gasteiger partial charge in [-0.15, -0.1) is 11.3 Å². The van der Waals surface area contributed by atoms with Crippen LogP contribution in [0.15, 0.2) is 52.8 Å². The molecule has 2 aromatic heterocycles. The van der Waals surface area contributed by atoms with E-state index in [4.69, 9.17) is 5.11 Å². The van der Waals surface area contributed by atoms with Crippen LogP contribution in [0.5, 0.6) is 0 Å². The van der Waals surface area contributed by atoms with Gasteiger partial charge < -0.3 is 10.1 Å². The van der Waals surface area contributed by atoms with Crippen LogP contribution < -0.4 is 5.56 Å². The molecule has 3 aromatic rings. The number of nitrogens with zero attached hydrogens (tertiary/aromatic N) is 1. The molecule has 0 spiro atoms. The van der Waals surface area contributed by atoms with E-state index in [0.29, 0.717) is 17.7 Å². The Hall–Kier alpha value is -2.40. The SMILES string of the molecule is O=c1[nH]c2ccccc2cc1-c1csc(C/C=C/O)n1. The van der Waals surface area contributed by atoms with Crippen molar-refractivity contribution >= 4 is 22.2 Å². The molecule has 0 amide bonds. The van der Waals surface area contributed by atoms with Crippen LogP contribution in [-0.4, -0.2) is 15.1 Å². The molecular weight excluding hydrogens is 272 g/mol. The standard InChI is InChI=1S/C15H12N2O2S/c18-7-3-6-14-16-13(9-20-14)11-8-10-4-1-2-5-12(10)17-15(11)19/h1-5,7-9,18H,6H2,(H,17,19)/b7-3+. The molecule has 3 rings (SSSR count). The number of allylic oxidation sites excluding steroid dienone is 1. The van der Waals surface area contributed by atoms with Gasteiger partial charge in [0.25, 0.3) is 5.56 Å². The van der Waals surface area contributed by atoms with E-state index in [1.807, 2.05) is 35.7 Å². The smallest absolute Gasteiger partial charge is 0.257 e. The van der Waals surface area contributed by atoms with Gasteiger partial charge in [-0.05, 0) is 23.6 Å². The summed E-state index contributed by atoms with van der Waals surface area (Å²) in [6, 6.07) is 9.51. The fraction of sp³-hybridized carbons (Fsp3) is 0.0667. The van der Waals surface area contributed by atoms with Crippen molar-refractivity contribution in [1.82, 2.24) is 9.97 Å². The van der Waals surface area contributed by atoms with Gasteiger partial charge in [-0.3, -0.25) is 4.79 Å². The molecule has 100 valence electrons. The molecule has 0 aliphatic carbocycles. The summed E-state index contributed by atoms with van der Waals surface area (Å²) in [6.45, 7) is 0. The number of pyridine rings is 1. The highest BCUT2D eigenvalue weighted by Gasteiger charge is 2.09. The Labute approximate surface area is 119 Å². The normalized spacial score (nSPS) is 11.4. The second-order valence-electron chi connectivity index (χ2n) is 4.31. The first kappa shape index (κ1) is 12.6. The number of nitrogens with one attached hydrogen (secondary N) is 1. The molecule has 4 nitrogen and oxygen atoms in total. The number of aliphatic hydroxyl groups excluding tert-OH is 1. The Kier molecular flexibility index (Phi) is 3.35. The van der Waals surface area contributed by atoms with E-state index in [-0.39, 0.29) is 5.56 Å². The van der Waals surface area contributed by atoms with Gasteiger partial charge in [0.2, 0.25) is 0 Å². The molecule has 2 heterocycles. The van der Waals surface area contributed by atoms with Gasteiger partial charge in [0.1, 0.15) is 0 Å². The minimum Gasteiger partial charge on any atom is -0.516 e. The average Bonchev–Trinajstić information content (AvgIpc) is 2.93. The van der Waals surface area contributed by atoms with Crippen molar-refractivity contribution in [2.24, 2.45) is 0 Å². The molecule has 2 N–H and O–H groups in total. The number of para-hydroxylation sites is 1. The van der Waals surface area contributed by atoms with Crippen molar-refractivity contribution in [2.45, 2.75) is 6.42 Å². The quantitative estimate of drug-likeness (QED) is 0.725. The van der Waals surface area contributed by atoms with Crippen LogP contribution in [0.4, 0.5) is 0 Å². The van der Waals surface area contributed by atoms with Crippen LogP contribution in [0.2, 0.25) is 0 Å². The average molecular weight is 284 g/mol. The van der Waals surface area contributed by atoms with Gasteiger partial charge in [-0.2, -0.15) is 0 Å². The highest BCUT2D eigenvalue weighted by molar-refractivity contribution is 7.10. The van der Waals surface area contributed by atoms with E-state index < -0.39 is 0 Å². The summed E-state index contributed by atoms with van der Waals surface area (Å²) in [4.78, 5) is 19.4. The lowest BCUT2D eigenvalue weighted by molar-refractivity contribution is 0.471. The lowest BCUT2D eigenvalue weighted by Crippen LogP contribution is -2.08. The summed E-state index contributed by atoms with van der Waals surface area (Å²) in [5.74, 6) is 0. The molecule has 0 saturated heterocycles. The fourth-order valence-corrected chi connectivity index (χ4v) is 2.79. The second-order valence-corrected chi connectivity index (χ2v) is 5.26. The predicted molar refractivity (Wildman–Crippen MR) is 81.1 cm³/mol. The first-order valence-corrected chi connectivity index (χ1v) is 7.02. The van der Waals surface area contributed by atoms with Crippen molar-refractivity contribution < 1.29 is 5.11 Å². The van der Waals surface area contributed by atoms with Crippen LogP contribution in [0.1, 0.15) is 5.01 Å². The molecule has 5 heteroatoms. The zero-order valence-electron chi connectivity index (χ0n) is 10.5. The minimum atomic E-state index is -0.141. The van der Waals surface area contributed by atoms with E-state index in [1.54, 1.807) is 6.08 Å². The monoisotopic (exact) mass is 284 g/mol. The number of aromatic nitrogens is 2. The predicted octanol–water partition coefficient (Wildman–Crippen LogP) is 3.27. The summed E-state index contributed by atoms with van der Waals surface area (Å²) in [5.41, 5.74) is 1.92. The molecule has 0 unspecified atom stereocenters. The van der Waals surface area contributed by atoms with Crippen LogP contribution >= 0.6 is 11.3 Å². The maximum atomic E-state index is 12.1. The number of hydrogen-bond donors (Lipinski definition) is 2. The van der Waals surface area contributed by atoms with E-state index >= 15 is 0 Å². The zero-order valence-corrected chi connectivity index (χ0v) is 11.4. The number of fused-ring (bicyclic) bond motifs is 1. The van der Waals surface area contributed by atoms with E-state index in [0.717, 1.165) is 22.2 Å². The third-order valence-electron chi connectivity index (χ3n) is 2.98. The topological polar surface area (TPSA) is 66.0 Å². The molecule has 0 radical (unpaired) electrons. The maximum Gasteiger partial charge on any atom is 0.257 e. The summed E-state index contributed by atoms with van der Waals surface area (Å²) in [6.07, 6.45) is 3.18. The Morgan fingerprint density at radius 2 is 2.20 bits per heavy atom. The minimum absolute atomic E-state index is 0.141. The molecule has 1 aromatic carbocycles. The molecule has 0 bridgehead atoms. The number of hydrogen-bond acceptors (Lipinski definition) is 4. The largest absolute Gasteiger partial charge is 0.516 e. The van der Waals surface area contributed by atoms with Crippen molar-refractivity contribution in [2.75, 3.05) is 0 Å². The second kappa shape index (κ2) is 5.30. The Morgan fingerprint density at radius 1 is 1.35 bits per heavy atom. The molecule has 0 aliphatic heterocycles. The van der Waals surface area contributed by atoms with E-state index in [9.17, 15) is 4.79 Å². The number of thiazole rings is 1. The van der Waals surface area contributed by atoms with Crippen LogP contribution in [0.3, 0.4) is 0 Å². The number of aliphatic hydroxyl groups is 1. The van der Waals surface area contributed by atoms with Crippen molar-refractivity contribution in [1.29, 1.82) is 0 Å². The van der Waals surface area contributed by atoms with Crippen LogP contribution in [-0.2, 0) is 6.42 Å². The number of aromatic amines is 1. The highest BCUT2D eigenvalue weighted by Crippen LogP contribution is 2.22. The van der Waals surface area contributed by atoms with Crippen molar-refractivity contribution in [3.63, 3.8) is 0 Å². The number of rotatable bonds is 3. The molecule has 0 aliphatic rings. The van der Waals surface area contributed by atoms with E-state index in [2.05, 4.69) is 9.97 Å². The lowest BCUT2D eigenvalue weighted by Gasteiger charge is -2.00. The number of H-pyrrole nitrogens is 1. The van der Waals surface area contributed by atoms with Gasteiger partial charge >= 0.3 is 0 Å². The Morgan fingerprint density at radius 3 is 3.05 bits per heavy atom. The molecule has 0 saturated carbocycles. The number of benzene rings is 1. The molecule has 0 fully saturated rings. The molecule has 20 heavy (non-hydrogen) atoms. The summed E-state index contributed by atoms with van der Waals surface area (Å²) in [7, 11) is 0. The van der Waals surface area contributed by atoms with Crippen LogP contribution in [0.25, 0.3) is 22.2 Å². The Bertz CT molecular complexity index is 833. The third-order valence-corrected chi connectivity index (χ3v) is 3.85. The molecular formula is C15H12N2O2S. The Balaban J connectivity index is 2.07. The van der Waals surface area contributed by atoms with Crippen molar-refractivity contribution in [3.05, 3.63) is 63.4 Å². The van der Waals surface area contributed by atoms with Gasteiger partial charge in [-0.25, -0.2) is 4.98 Å².